The fourth-order valence-corrected chi connectivity index (χ4v) is 3.84. The number of hydrogen-bond donors (Lipinski definition) is 2. The number of nitrogens with one attached hydrogen (secondary N) is 2. The van der Waals surface area contributed by atoms with Crippen LogP contribution in [0.3, 0.4) is 0 Å². The molecule has 0 atom stereocenters. The van der Waals surface area contributed by atoms with Gasteiger partial charge in [-0.3, -0.25) is 19.0 Å². The summed E-state index contributed by atoms with van der Waals surface area (Å²) in [6.45, 7) is 0.0309. The van der Waals surface area contributed by atoms with Crippen molar-refractivity contribution in [2.24, 2.45) is 0 Å². The monoisotopic (exact) mass is 458 g/mol. The van der Waals surface area contributed by atoms with Gasteiger partial charge in [-0.05, 0) is 18.2 Å². The van der Waals surface area contributed by atoms with Crippen molar-refractivity contribution < 1.29 is 22.3 Å². The Bertz CT molecular complexity index is 1360. The van der Waals surface area contributed by atoms with Crippen LogP contribution >= 0.6 is 0 Å². The highest BCUT2D eigenvalue weighted by atomic mass is 32.2. The number of amides is 1. The van der Waals surface area contributed by atoms with Crippen molar-refractivity contribution in [1.29, 1.82) is 0 Å². The van der Waals surface area contributed by atoms with Crippen LogP contribution in [0.1, 0.15) is 11.1 Å². The molecule has 1 aliphatic heterocycles. The maximum atomic E-state index is 14.8. The quantitative estimate of drug-likeness (QED) is 0.589. The Hall–Kier alpha value is -3.70. The minimum absolute atomic E-state index is 0.120. The zero-order valence-electron chi connectivity index (χ0n) is 16.9. The molecule has 0 bridgehead atoms. The highest BCUT2D eigenvalue weighted by molar-refractivity contribution is 7.90. The van der Waals surface area contributed by atoms with E-state index in [0.29, 0.717) is 17.0 Å². The Morgan fingerprint density at radius 2 is 1.91 bits per heavy atom. The SMILES string of the molecule is CNS(=O)(=O)Nc1cccc(CN2Cc3ccc(-n4ccccc4=O)cc3OC2=O)c1F. The van der Waals surface area contributed by atoms with Crippen LogP contribution in [0.25, 0.3) is 5.69 Å². The Labute approximate surface area is 183 Å². The van der Waals surface area contributed by atoms with Gasteiger partial charge in [0.2, 0.25) is 0 Å². The highest BCUT2D eigenvalue weighted by Gasteiger charge is 2.27. The van der Waals surface area contributed by atoms with Gasteiger partial charge in [0, 0.05) is 36.5 Å². The van der Waals surface area contributed by atoms with E-state index in [4.69, 9.17) is 4.74 Å². The summed E-state index contributed by atoms with van der Waals surface area (Å²) in [6.07, 6.45) is 0.926. The number of aromatic nitrogens is 1. The molecule has 3 aromatic rings. The summed E-state index contributed by atoms with van der Waals surface area (Å²) in [5.74, 6) is -0.473. The van der Waals surface area contributed by atoms with Crippen molar-refractivity contribution in [3.63, 3.8) is 0 Å². The summed E-state index contributed by atoms with van der Waals surface area (Å²) >= 11 is 0. The predicted octanol–water partition coefficient (Wildman–Crippen LogP) is 2.37. The molecule has 0 saturated carbocycles. The molecular formula is C21H19FN4O5S. The molecule has 0 aliphatic carbocycles. The average molecular weight is 458 g/mol. The van der Waals surface area contributed by atoms with Crippen molar-refractivity contribution in [3.05, 3.63) is 88.1 Å². The van der Waals surface area contributed by atoms with Gasteiger partial charge in [0.25, 0.3) is 15.8 Å². The fraction of sp³-hybridized carbons (Fsp3) is 0.143. The molecule has 0 unspecified atom stereocenters. The molecule has 1 aromatic heterocycles. The van der Waals surface area contributed by atoms with E-state index in [1.165, 1.54) is 40.8 Å². The maximum absolute atomic E-state index is 14.8. The standard InChI is InChI=1S/C21H19FN4O5S/c1-23-32(29,30)24-17-6-4-5-15(20(17)22)13-25-12-14-8-9-16(11-18(14)31-21(25)28)26-10-3-2-7-19(26)27/h2-11,23-24H,12-13H2,1H3. The molecule has 32 heavy (non-hydrogen) atoms. The number of fused-ring (bicyclic) bond motifs is 1. The van der Waals surface area contributed by atoms with E-state index in [9.17, 15) is 22.4 Å². The molecule has 166 valence electrons. The molecule has 2 N–H and O–H groups in total. The average Bonchev–Trinajstić information content (AvgIpc) is 2.77. The first-order valence-corrected chi connectivity index (χ1v) is 11.0. The summed E-state index contributed by atoms with van der Waals surface area (Å²) in [6, 6.07) is 14.1. The number of pyridine rings is 1. The van der Waals surface area contributed by atoms with Crippen molar-refractivity contribution >= 4 is 22.0 Å². The lowest BCUT2D eigenvalue weighted by atomic mass is 10.1. The molecule has 1 aliphatic rings. The number of ether oxygens (including phenoxy) is 1. The number of carbonyl (C=O) groups excluding carboxylic acids is 1. The Morgan fingerprint density at radius 1 is 1.09 bits per heavy atom. The van der Waals surface area contributed by atoms with E-state index in [1.807, 2.05) is 4.72 Å². The molecule has 1 amide bonds. The van der Waals surface area contributed by atoms with Gasteiger partial charge in [-0.1, -0.05) is 24.3 Å². The van der Waals surface area contributed by atoms with Gasteiger partial charge >= 0.3 is 6.09 Å². The van der Waals surface area contributed by atoms with Crippen LogP contribution in [0.2, 0.25) is 0 Å². The third kappa shape index (κ3) is 4.34. The second-order valence-electron chi connectivity index (χ2n) is 7.01. The molecule has 0 fully saturated rings. The van der Waals surface area contributed by atoms with Gasteiger partial charge in [-0.2, -0.15) is 8.42 Å². The van der Waals surface area contributed by atoms with Crippen molar-refractivity contribution in [2.45, 2.75) is 13.1 Å². The summed E-state index contributed by atoms with van der Waals surface area (Å²) in [7, 11) is -2.70. The molecule has 9 nitrogen and oxygen atoms in total. The van der Waals surface area contributed by atoms with Crippen molar-refractivity contribution in [3.8, 4) is 11.4 Å². The first-order chi connectivity index (χ1) is 15.3. The topological polar surface area (TPSA) is 110 Å². The number of benzene rings is 2. The fourth-order valence-electron chi connectivity index (χ4n) is 3.29. The van der Waals surface area contributed by atoms with E-state index >= 15 is 0 Å². The van der Waals surface area contributed by atoms with Gasteiger partial charge in [0.15, 0.2) is 5.82 Å². The van der Waals surface area contributed by atoms with Crippen molar-refractivity contribution in [1.82, 2.24) is 14.2 Å². The molecular weight excluding hydrogens is 439 g/mol. The zero-order valence-corrected chi connectivity index (χ0v) is 17.7. The normalized spacial score (nSPS) is 13.4. The molecule has 0 spiro atoms. The number of carbonyl (C=O) groups is 1. The van der Waals surface area contributed by atoms with Gasteiger partial charge < -0.3 is 4.74 Å². The smallest absolute Gasteiger partial charge is 0.410 e. The largest absolute Gasteiger partial charge is 0.415 e. The predicted molar refractivity (Wildman–Crippen MR) is 115 cm³/mol. The summed E-state index contributed by atoms with van der Waals surface area (Å²) < 4.78 is 49.1. The van der Waals surface area contributed by atoms with E-state index in [2.05, 4.69) is 4.72 Å². The number of anilines is 1. The molecule has 4 rings (SSSR count). The minimum atomic E-state index is -3.90. The first kappa shape index (κ1) is 21.5. The van der Waals surface area contributed by atoms with Gasteiger partial charge in [0.05, 0.1) is 24.5 Å². The number of nitrogens with zero attached hydrogens (tertiary/aromatic N) is 2. The summed E-state index contributed by atoms with van der Waals surface area (Å²) in [5, 5.41) is 0. The van der Waals surface area contributed by atoms with Crippen LogP contribution in [0.15, 0.2) is 65.6 Å². The van der Waals surface area contributed by atoms with Crippen LogP contribution < -0.4 is 19.7 Å². The van der Waals surface area contributed by atoms with Gasteiger partial charge in [0.1, 0.15) is 5.75 Å². The third-order valence-electron chi connectivity index (χ3n) is 4.92. The summed E-state index contributed by atoms with van der Waals surface area (Å²) in [5.41, 5.74) is 0.895. The Morgan fingerprint density at radius 3 is 2.66 bits per heavy atom. The molecule has 11 heteroatoms. The van der Waals surface area contributed by atoms with Crippen LogP contribution in [0, 0.1) is 5.82 Å². The molecule has 0 saturated heterocycles. The lowest BCUT2D eigenvalue weighted by Gasteiger charge is -2.28. The highest BCUT2D eigenvalue weighted by Crippen LogP contribution is 2.30. The van der Waals surface area contributed by atoms with E-state index in [1.54, 1.807) is 36.5 Å². The summed E-state index contributed by atoms with van der Waals surface area (Å²) in [4.78, 5) is 25.9. The van der Waals surface area contributed by atoms with Crippen LogP contribution in [-0.2, 0) is 23.3 Å². The molecule has 0 radical (unpaired) electrons. The zero-order chi connectivity index (χ0) is 22.9. The van der Waals surface area contributed by atoms with Gasteiger partial charge in [-0.15, -0.1) is 0 Å². The van der Waals surface area contributed by atoms with E-state index < -0.39 is 22.1 Å². The number of rotatable bonds is 6. The second-order valence-corrected chi connectivity index (χ2v) is 8.63. The van der Waals surface area contributed by atoms with E-state index in [0.717, 1.165) is 0 Å². The maximum Gasteiger partial charge on any atom is 0.415 e. The van der Waals surface area contributed by atoms with Crippen LogP contribution in [0.5, 0.6) is 5.75 Å². The first-order valence-electron chi connectivity index (χ1n) is 9.54. The number of hydrogen-bond acceptors (Lipinski definition) is 5. The Kier molecular flexibility index (Phi) is 5.68. The third-order valence-corrected chi connectivity index (χ3v) is 5.95. The minimum Gasteiger partial charge on any atom is -0.410 e. The van der Waals surface area contributed by atoms with Gasteiger partial charge in [-0.25, -0.2) is 13.9 Å². The molecule has 2 heterocycles. The lowest BCUT2D eigenvalue weighted by molar-refractivity contribution is 0.134. The molecule has 2 aromatic carbocycles. The van der Waals surface area contributed by atoms with E-state index in [-0.39, 0.29) is 29.9 Å². The Balaban J connectivity index is 1.57. The number of halogens is 1. The van der Waals surface area contributed by atoms with Crippen molar-refractivity contribution in [2.75, 3.05) is 11.8 Å². The van der Waals surface area contributed by atoms with Crippen LogP contribution in [-0.4, -0.2) is 31.0 Å². The van der Waals surface area contributed by atoms with Crippen LogP contribution in [0.4, 0.5) is 14.9 Å². The lowest BCUT2D eigenvalue weighted by Crippen LogP contribution is -2.36. The second kappa shape index (κ2) is 8.44.